The maximum atomic E-state index is 5.52. The van der Waals surface area contributed by atoms with E-state index in [-0.39, 0.29) is 0 Å². The van der Waals surface area contributed by atoms with E-state index in [4.69, 9.17) is 5.84 Å². The molecule has 0 aromatic carbocycles. The first-order valence-electron chi connectivity index (χ1n) is 6.98. The lowest BCUT2D eigenvalue weighted by molar-refractivity contribution is 0.410. The number of aromatic nitrogens is 1. The Bertz CT molecular complexity index is 424. The Balaban J connectivity index is 1.91. The molecular formula is C14H23N5. The van der Waals surface area contributed by atoms with Crippen LogP contribution in [0.1, 0.15) is 43.5 Å². The summed E-state index contributed by atoms with van der Waals surface area (Å²) < 4.78 is 0. The van der Waals surface area contributed by atoms with E-state index in [9.17, 15) is 0 Å². The minimum absolute atomic E-state index is 0.494. The van der Waals surface area contributed by atoms with Gasteiger partial charge in [0, 0.05) is 11.7 Å². The number of nitrogens with two attached hydrogens (primary N) is 1. The normalized spacial score (nSPS) is 17.3. The Kier molecular flexibility index (Phi) is 5.15. The van der Waals surface area contributed by atoms with Gasteiger partial charge in [0.25, 0.3) is 0 Å². The minimum atomic E-state index is 0.494. The first-order chi connectivity index (χ1) is 9.28. The summed E-state index contributed by atoms with van der Waals surface area (Å²) in [5.41, 5.74) is 4.61. The van der Waals surface area contributed by atoms with Crippen LogP contribution < -0.4 is 16.6 Å². The number of pyridine rings is 1. The first-order valence-corrected chi connectivity index (χ1v) is 6.98. The van der Waals surface area contributed by atoms with Gasteiger partial charge in [-0.3, -0.25) is 10.4 Å². The predicted molar refractivity (Wildman–Crippen MR) is 77.4 cm³/mol. The zero-order chi connectivity index (χ0) is 13.5. The van der Waals surface area contributed by atoms with Crippen LogP contribution in [-0.2, 0) is 6.54 Å². The molecule has 0 saturated heterocycles. The highest BCUT2D eigenvalue weighted by molar-refractivity contribution is 5.79. The minimum Gasteiger partial charge on any atom is -0.353 e. The van der Waals surface area contributed by atoms with E-state index in [2.05, 4.69) is 20.7 Å². The van der Waals surface area contributed by atoms with E-state index in [0.717, 1.165) is 11.4 Å². The molecule has 1 aliphatic carbocycles. The van der Waals surface area contributed by atoms with Gasteiger partial charge in [0.1, 0.15) is 0 Å². The molecule has 0 bridgehead atoms. The molecular weight excluding hydrogens is 238 g/mol. The molecule has 5 heteroatoms. The number of guanidine groups is 1. The number of aliphatic imine (C=N–C) groups is 1. The van der Waals surface area contributed by atoms with Crippen LogP contribution in [0.4, 0.5) is 0 Å². The summed E-state index contributed by atoms with van der Waals surface area (Å²) in [5, 5.41) is 3.38. The second-order valence-corrected chi connectivity index (χ2v) is 5.06. The van der Waals surface area contributed by atoms with E-state index >= 15 is 0 Å². The van der Waals surface area contributed by atoms with E-state index < -0.39 is 0 Å². The van der Waals surface area contributed by atoms with E-state index in [0.29, 0.717) is 18.5 Å². The summed E-state index contributed by atoms with van der Waals surface area (Å²) >= 11 is 0. The Labute approximate surface area is 114 Å². The molecule has 0 radical (unpaired) electrons. The molecule has 1 heterocycles. The molecule has 2 rings (SSSR count). The smallest absolute Gasteiger partial charge is 0.206 e. The number of rotatable bonds is 3. The Morgan fingerprint density at radius 2 is 2.16 bits per heavy atom. The van der Waals surface area contributed by atoms with Crippen LogP contribution in [0.5, 0.6) is 0 Å². The van der Waals surface area contributed by atoms with Gasteiger partial charge in [-0.05, 0) is 31.9 Å². The standard InChI is InChI=1S/C14H23N5/c1-11-6-5-9-13(17-11)10-16-14(19-15)18-12-7-3-2-4-8-12/h5-6,9,12H,2-4,7-8,10,15H2,1H3,(H2,16,18,19). The summed E-state index contributed by atoms with van der Waals surface area (Å²) in [6.07, 6.45) is 6.31. The van der Waals surface area contributed by atoms with Gasteiger partial charge in [-0.15, -0.1) is 0 Å². The van der Waals surface area contributed by atoms with E-state index in [1.807, 2.05) is 25.1 Å². The molecule has 1 saturated carbocycles. The largest absolute Gasteiger partial charge is 0.353 e. The summed E-state index contributed by atoms with van der Waals surface area (Å²) in [6.45, 7) is 2.52. The van der Waals surface area contributed by atoms with Gasteiger partial charge < -0.3 is 5.32 Å². The van der Waals surface area contributed by atoms with Crippen molar-refractivity contribution >= 4 is 5.96 Å². The lowest BCUT2D eigenvalue weighted by Crippen LogP contribution is -2.47. The molecule has 5 nitrogen and oxygen atoms in total. The van der Waals surface area contributed by atoms with Crippen LogP contribution >= 0.6 is 0 Å². The number of hydrogen-bond acceptors (Lipinski definition) is 3. The molecule has 4 N–H and O–H groups in total. The monoisotopic (exact) mass is 261 g/mol. The highest BCUT2D eigenvalue weighted by atomic mass is 15.3. The molecule has 0 spiro atoms. The highest BCUT2D eigenvalue weighted by Gasteiger charge is 2.14. The number of hydrogen-bond donors (Lipinski definition) is 3. The van der Waals surface area contributed by atoms with Crippen molar-refractivity contribution in [2.45, 2.75) is 51.6 Å². The summed E-state index contributed by atoms with van der Waals surface area (Å²) in [7, 11) is 0. The molecule has 0 aliphatic heterocycles. The van der Waals surface area contributed by atoms with Gasteiger partial charge in [-0.1, -0.05) is 25.3 Å². The van der Waals surface area contributed by atoms with Crippen LogP contribution in [0.25, 0.3) is 0 Å². The van der Waals surface area contributed by atoms with Crippen molar-refractivity contribution in [2.24, 2.45) is 10.8 Å². The Morgan fingerprint density at radius 3 is 2.84 bits per heavy atom. The van der Waals surface area contributed by atoms with Gasteiger partial charge in [-0.25, -0.2) is 10.8 Å². The SMILES string of the molecule is Cc1cccc(CN=C(NN)NC2CCCCC2)n1. The Morgan fingerprint density at radius 1 is 1.37 bits per heavy atom. The second kappa shape index (κ2) is 7.09. The molecule has 104 valence electrons. The number of aryl methyl sites for hydroxylation is 1. The van der Waals surface area contributed by atoms with Crippen molar-refractivity contribution in [2.75, 3.05) is 0 Å². The van der Waals surface area contributed by atoms with Crippen molar-refractivity contribution in [3.05, 3.63) is 29.6 Å². The average molecular weight is 261 g/mol. The summed E-state index contributed by atoms with van der Waals surface area (Å²) in [6, 6.07) is 6.45. The van der Waals surface area contributed by atoms with Gasteiger partial charge in [-0.2, -0.15) is 0 Å². The van der Waals surface area contributed by atoms with Crippen LogP contribution in [0.3, 0.4) is 0 Å². The second-order valence-electron chi connectivity index (χ2n) is 5.06. The predicted octanol–water partition coefficient (Wildman–Crippen LogP) is 1.63. The van der Waals surface area contributed by atoms with Gasteiger partial charge in [0.2, 0.25) is 5.96 Å². The topological polar surface area (TPSA) is 75.3 Å². The third-order valence-corrected chi connectivity index (χ3v) is 3.43. The maximum absolute atomic E-state index is 5.52. The molecule has 0 atom stereocenters. The van der Waals surface area contributed by atoms with Crippen molar-refractivity contribution in [3.63, 3.8) is 0 Å². The number of hydrazine groups is 1. The lowest BCUT2D eigenvalue weighted by atomic mass is 9.96. The molecule has 1 aromatic rings. The fourth-order valence-electron chi connectivity index (χ4n) is 2.42. The zero-order valence-electron chi connectivity index (χ0n) is 11.5. The van der Waals surface area contributed by atoms with Crippen molar-refractivity contribution in [3.8, 4) is 0 Å². The first kappa shape index (κ1) is 13.8. The third kappa shape index (κ3) is 4.52. The van der Waals surface area contributed by atoms with Crippen LogP contribution in [0, 0.1) is 6.92 Å². The van der Waals surface area contributed by atoms with E-state index in [1.165, 1.54) is 32.1 Å². The zero-order valence-corrected chi connectivity index (χ0v) is 11.5. The Hall–Kier alpha value is -1.62. The highest BCUT2D eigenvalue weighted by Crippen LogP contribution is 2.17. The number of nitrogens with zero attached hydrogens (tertiary/aromatic N) is 2. The molecule has 1 fully saturated rings. The quantitative estimate of drug-likeness (QED) is 0.334. The molecule has 0 amide bonds. The summed E-state index contributed by atoms with van der Waals surface area (Å²) in [5.74, 6) is 6.18. The maximum Gasteiger partial charge on any atom is 0.206 e. The van der Waals surface area contributed by atoms with Gasteiger partial charge >= 0.3 is 0 Å². The van der Waals surface area contributed by atoms with Crippen molar-refractivity contribution in [1.29, 1.82) is 0 Å². The third-order valence-electron chi connectivity index (χ3n) is 3.43. The lowest BCUT2D eigenvalue weighted by Gasteiger charge is -2.24. The van der Waals surface area contributed by atoms with Crippen LogP contribution in [0.2, 0.25) is 0 Å². The van der Waals surface area contributed by atoms with Crippen LogP contribution in [0.15, 0.2) is 23.2 Å². The molecule has 19 heavy (non-hydrogen) atoms. The van der Waals surface area contributed by atoms with E-state index in [1.54, 1.807) is 0 Å². The van der Waals surface area contributed by atoms with Crippen LogP contribution in [-0.4, -0.2) is 17.0 Å². The fraction of sp³-hybridized carbons (Fsp3) is 0.571. The molecule has 0 unspecified atom stereocenters. The number of nitrogens with one attached hydrogen (secondary N) is 2. The summed E-state index contributed by atoms with van der Waals surface area (Å²) in [4.78, 5) is 8.88. The average Bonchev–Trinajstić information content (AvgIpc) is 2.44. The molecule has 1 aliphatic rings. The fourth-order valence-corrected chi connectivity index (χ4v) is 2.42. The van der Waals surface area contributed by atoms with Gasteiger partial charge in [0.05, 0.1) is 12.2 Å². The van der Waals surface area contributed by atoms with Crippen molar-refractivity contribution in [1.82, 2.24) is 15.7 Å². The molecule has 1 aromatic heterocycles. The van der Waals surface area contributed by atoms with Gasteiger partial charge in [0.15, 0.2) is 0 Å². The van der Waals surface area contributed by atoms with Crippen molar-refractivity contribution < 1.29 is 0 Å².